The van der Waals surface area contributed by atoms with Gasteiger partial charge in [-0.25, -0.2) is 0 Å². The molecule has 0 aromatic carbocycles. The van der Waals surface area contributed by atoms with Gasteiger partial charge in [0.2, 0.25) is 0 Å². The Labute approximate surface area is 88.4 Å². The molecule has 0 saturated heterocycles. The first-order valence-electron chi connectivity index (χ1n) is 5.51. The van der Waals surface area contributed by atoms with Gasteiger partial charge in [0.25, 0.3) is 0 Å². The standard InChI is InChI=1S/C11H16N2O2/c1-7-9-8(15-13-7)2-3-10(4-5-10)11(9,14)6-12/h14H,2-6,12H2,1H3. The Morgan fingerprint density at radius 1 is 1.47 bits per heavy atom. The van der Waals surface area contributed by atoms with Crippen molar-refractivity contribution in [1.82, 2.24) is 5.16 Å². The quantitative estimate of drug-likeness (QED) is 0.717. The Balaban J connectivity index is 2.19. The van der Waals surface area contributed by atoms with Crippen LogP contribution >= 0.6 is 0 Å². The van der Waals surface area contributed by atoms with E-state index in [-0.39, 0.29) is 12.0 Å². The summed E-state index contributed by atoms with van der Waals surface area (Å²) in [4.78, 5) is 0. The molecule has 15 heavy (non-hydrogen) atoms. The predicted octanol–water partition coefficient (Wildman–Crippen LogP) is 0.856. The lowest BCUT2D eigenvalue weighted by Crippen LogP contribution is -2.47. The van der Waals surface area contributed by atoms with Crippen molar-refractivity contribution < 1.29 is 9.63 Å². The number of nitrogens with zero attached hydrogens (tertiary/aromatic N) is 1. The Morgan fingerprint density at radius 2 is 2.20 bits per heavy atom. The van der Waals surface area contributed by atoms with Crippen molar-refractivity contribution in [3.63, 3.8) is 0 Å². The number of aromatic nitrogens is 1. The van der Waals surface area contributed by atoms with E-state index in [2.05, 4.69) is 5.16 Å². The summed E-state index contributed by atoms with van der Waals surface area (Å²) < 4.78 is 5.24. The molecule has 0 bridgehead atoms. The predicted molar refractivity (Wildman–Crippen MR) is 54.2 cm³/mol. The number of fused-ring (bicyclic) bond motifs is 1. The van der Waals surface area contributed by atoms with Gasteiger partial charge in [-0.1, -0.05) is 5.16 Å². The van der Waals surface area contributed by atoms with E-state index in [0.717, 1.165) is 42.7 Å². The van der Waals surface area contributed by atoms with E-state index in [1.54, 1.807) is 0 Å². The number of hydrogen-bond acceptors (Lipinski definition) is 4. The summed E-state index contributed by atoms with van der Waals surface area (Å²) in [5.41, 5.74) is 6.56. The molecule has 82 valence electrons. The molecule has 1 spiro atoms. The van der Waals surface area contributed by atoms with Crippen molar-refractivity contribution in [2.45, 2.75) is 38.2 Å². The van der Waals surface area contributed by atoms with E-state index in [4.69, 9.17) is 10.3 Å². The van der Waals surface area contributed by atoms with E-state index in [0.29, 0.717) is 0 Å². The van der Waals surface area contributed by atoms with E-state index in [9.17, 15) is 5.11 Å². The molecule has 1 fully saturated rings. The third kappa shape index (κ3) is 0.961. The zero-order chi connectivity index (χ0) is 10.7. The normalized spacial score (nSPS) is 31.7. The van der Waals surface area contributed by atoms with E-state index in [1.165, 1.54) is 0 Å². The second kappa shape index (κ2) is 2.62. The van der Waals surface area contributed by atoms with Crippen LogP contribution in [-0.4, -0.2) is 16.8 Å². The van der Waals surface area contributed by atoms with Crippen LogP contribution in [0.3, 0.4) is 0 Å². The van der Waals surface area contributed by atoms with Crippen LogP contribution in [0.4, 0.5) is 0 Å². The molecule has 0 aliphatic heterocycles. The highest BCUT2D eigenvalue weighted by Gasteiger charge is 2.62. The summed E-state index contributed by atoms with van der Waals surface area (Å²) in [6.07, 6.45) is 4.01. The molecule has 3 rings (SSSR count). The summed E-state index contributed by atoms with van der Waals surface area (Å²) in [7, 11) is 0. The Morgan fingerprint density at radius 3 is 2.80 bits per heavy atom. The number of nitrogens with two attached hydrogens (primary N) is 1. The van der Waals surface area contributed by atoms with Crippen molar-refractivity contribution in [2.75, 3.05) is 6.54 Å². The summed E-state index contributed by atoms with van der Waals surface area (Å²) in [5, 5.41) is 14.7. The lowest BCUT2D eigenvalue weighted by Gasteiger charge is -2.39. The second-order valence-corrected chi connectivity index (χ2v) is 4.91. The molecule has 1 heterocycles. The molecular weight excluding hydrogens is 192 g/mol. The van der Waals surface area contributed by atoms with Gasteiger partial charge >= 0.3 is 0 Å². The van der Waals surface area contributed by atoms with Crippen molar-refractivity contribution in [3.8, 4) is 0 Å². The molecule has 1 aromatic rings. The fraction of sp³-hybridized carbons (Fsp3) is 0.727. The minimum Gasteiger partial charge on any atom is -0.383 e. The van der Waals surface area contributed by atoms with Gasteiger partial charge < -0.3 is 15.4 Å². The molecule has 1 unspecified atom stereocenters. The van der Waals surface area contributed by atoms with Crippen LogP contribution in [0.15, 0.2) is 4.52 Å². The highest BCUT2D eigenvalue weighted by atomic mass is 16.5. The SMILES string of the molecule is Cc1noc2c1C(O)(CN)C1(CC2)CC1. The molecule has 3 N–H and O–H groups in total. The maximum absolute atomic E-state index is 10.8. The first kappa shape index (κ1) is 9.36. The molecule has 4 heteroatoms. The van der Waals surface area contributed by atoms with E-state index < -0.39 is 5.60 Å². The molecule has 1 saturated carbocycles. The van der Waals surface area contributed by atoms with Crippen LogP contribution in [-0.2, 0) is 12.0 Å². The molecular formula is C11H16N2O2. The van der Waals surface area contributed by atoms with Gasteiger partial charge in [-0.2, -0.15) is 0 Å². The lowest BCUT2D eigenvalue weighted by molar-refractivity contribution is -0.0446. The second-order valence-electron chi connectivity index (χ2n) is 4.91. The number of aliphatic hydroxyl groups is 1. The van der Waals surface area contributed by atoms with Gasteiger partial charge in [-0.05, 0) is 26.2 Å². The summed E-state index contributed by atoms with van der Waals surface area (Å²) >= 11 is 0. The summed E-state index contributed by atoms with van der Waals surface area (Å²) in [6.45, 7) is 2.15. The first-order chi connectivity index (χ1) is 7.13. The van der Waals surface area contributed by atoms with Gasteiger partial charge in [0.1, 0.15) is 11.4 Å². The molecule has 4 nitrogen and oxygen atoms in total. The molecule has 0 radical (unpaired) electrons. The maximum atomic E-state index is 10.8. The minimum absolute atomic E-state index is 0.0189. The zero-order valence-electron chi connectivity index (χ0n) is 8.92. The summed E-state index contributed by atoms with van der Waals surface area (Å²) in [5.74, 6) is 0.831. The lowest BCUT2D eigenvalue weighted by atomic mass is 9.70. The molecule has 2 aliphatic rings. The monoisotopic (exact) mass is 208 g/mol. The van der Waals surface area contributed by atoms with Crippen molar-refractivity contribution in [3.05, 3.63) is 17.0 Å². The Kier molecular flexibility index (Phi) is 1.64. The average Bonchev–Trinajstić information content (AvgIpc) is 2.93. The smallest absolute Gasteiger partial charge is 0.143 e. The highest BCUT2D eigenvalue weighted by molar-refractivity contribution is 5.37. The van der Waals surface area contributed by atoms with Gasteiger partial charge in [0.15, 0.2) is 0 Å². The van der Waals surface area contributed by atoms with Crippen molar-refractivity contribution in [2.24, 2.45) is 11.1 Å². The number of rotatable bonds is 1. The van der Waals surface area contributed by atoms with Gasteiger partial charge in [0, 0.05) is 18.4 Å². The first-order valence-corrected chi connectivity index (χ1v) is 5.51. The largest absolute Gasteiger partial charge is 0.383 e. The zero-order valence-corrected chi connectivity index (χ0v) is 8.92. The molecule has 1 aromatic heterocycles. The van der Waals surface area contributed by atoms with Crippen molar-refractivity contribution >= 4 is 0 Å². The van der Waals surface area contributed by atoms with Crippen molar-refractivity contribution in [1.29, 1.82) is 0 Å². The third-order valence-corrected chi connectivity index (χ3v) is 4.20. The molecule has 2 aliphatic carbocycles. The van der Waals surface area contributed by atoms with Crippen LogP contribution in [0.2, 0.25) is 0 Å². The topological polar surface area (TPSA) is 72.3 Å². The summed E-state index contributed by atoms with van der Waals surface area (Å²) in [6, 6.07) is 0. The number of hydrogen-bond donors (Lipinski definition) is 2. The fourth-order valence-corrected chi connectivity index (χ4v) is 3.07. The van der Waals surface area contributed by atoms with Crippen LogP contribution in [0, 0.1) is 12.3 Å². The van der Waals surface area contributed by atoms with E-state index in [1.807, 2.05) is 6.92 Å². The Bertz CT molecular complexity index is 409. The third-order valence-electron chi connectivity index (χ3n) is 4.20. The van der Waals surface area contributed by atoms with E-state index >= 15 is 0 Å². The minimum atomic E-state index is -0.898. The molecule has 1 atom stereocenters. The Hall–Kier alpha value is -0.870. The highest BCUT2D eigenvalue weighted by Crippen LogP contribution is 2.63. The fourth-order valence-electron chi connectivity index (χ4n) is 3.07. The van der Waals surface area contributed by atoms with Crippen LogP contribution in [0.1, 0.15) is 36.3 Å². The van der Waals surface area contributed by atoms with Crippen LogP contribution in [0.25, 0.3) is 0 Å². The van der Waals surface area contributed by atoms with Gasteiger partial charge in [-0.3, -0.25) is 0 Å². The van der Waals surface area contributed by atoms with Gasteiger partial charge in [-0.15, -0.1) is 0 Å². The van der Waals surface area contributed by atoms with Crippen LogP contribution in [0.5, 0.6) is 0 Å². The molecule has 0 amide bonds. The van der Waals surface area contributed by atoms with Crippen LogP contribution < -0.4 is 5.73 Å². The number of aryl methyl sites for hydroxylation is 2. The van der Waals surface area contributed by atoms with Gasteiger partial charge in [0.05, 0.1) is 11.3 Å². The average molecular weight is 208 g/mol. The maximum Gasteiger partial charge on any atom is 0.143 e.